The van der Waals surface area contributed by atoms with Crippen molar-refractivity contribution in [3.8, 4) is 11.4 Å². The van der Waals surface area contributed by atoms with Gasteiger partial charge in [-0.25, -0.2) is 13.4 Å². The molecule has 1 heterocycles. The Morgan fingerprint density at radius 1 is 1.00 bits per heavy atom. The van der Waals surface area contributed by atoms with Crippen molar-refractivity contribution < 1.29 is 8.42 Å². The van der Waals surface area contributed by atoms with Crippen LogP contribution in [0.15, 0.2) is 47.4 Å². The number of sulfone groups is 1. The van der Waals surface area contributed by atoms with Crippen molar-refractivity contribution in [2.75, 3.05) is 6.26 Å². The molecule has 1 aromatic heterocycles. The summed E-state index contributed by atoms with van der Waals surface area (Å²) >= 11 is 0. The molecule has 0 fully saturated rings. The van der Waals surface area contributed by atoms with Crippen molar-refractivity contribution in [3.05, 3.63) is 48.0 Å². The minimum Gasteiger partial charge on any atom is -0.338 e. The number of aromatic nitrogens is 2. The summed E-state index contributed by atoms with van der Waals surface area (Å²) in [6.07, 6.45) is 1.21. The number of hydrogen-bond acceptors (Lipinski definition) is 3. The van der Waals surface area contributed by atoms with Crippen LogP contribution in [0, 0.1) is 0 Å². The molecule has 3 aromatic rings. The van der Waals surface area contributed by atoms with E-state index in [-0.39, 0.29) is 5.41 Å². The fourth-order valence-corrected chi connectivity index (χ4v) is 3.10. The lowest BCUT2D eigenvalue weighted by atomic mass is 9.87. The van der Waals surface area contributed by atoms with Crippen LogP contribution in [-0.4, -0.2) is 24.6 Å². The highest BCUT2D eigenvalue weighted by atomic mass is 32.2. The molecule has 4 nitrogen and oxygen atoms in total. The minimum atomic E-state index is -3.18. The Labute approximate surface area is 136 Å². The first-order valence-corrected chi connectivity index (χ1v) is 9.34. The molecule has 0 saturated heterocycles. The summed E-state index contributed by atoms with van der Waals surface area (Å²) in [5.74, 6) is 0.742. The van der Waals surface area contributed by atoms with Gasteiger partial charge in [-0.05, 0) is 47.4 Å². The molecule has 3 rings (SSSR count). The van der Waals surface area contributed by atoms with Gasteiger partial charge >= 0.3 is 0 Å². The van der Waals surface area contributed by atoms with Gasteiger partial charge in [-0.3, -0.25) is 0 Å². The summed E-state index contributed by atoms with van der Waals surface area (Å²) in [6, 6.07) is 13.0. The Bertz CT molecular complexity index is 962. The highest BCUT2D eigenvalue weighted by Crippen LogP contribution is 2.27. The van der Waals surface area contributed by atoms with Crippen molar-refractivity contribution in [2.24, 2.45) is 0 Å². The van der Waals surface area contributed by atoms with Gasteiger partial charge in [-0.2, -0.15) is 0 Å². The molecule has 1 N–H and O–H groups in total. The monoisotopic (exact) mass is 328 g/mol. The van der Waals surface area contributed by atoms with Crippen LogP contribution in [0.4, 0.5) is 0 Å². The molecule has 0 amide bonds. The first-order chi connectivity index (χ1) is 10.6. The zero-order chi connectivity index (χ0) is 16.8. The number of fused-ring (bicyclic) bond motifs is 1. The van der Waals surface area contributed by atoms with E-state index in [1.807, 2.05) is 6.07 Å². The average molecular weight is 328 g/mol. The van der Waals surface area contributed by atoms with E-state index < -0.39 is 9.84 Å². The van der Waals surface area contributed by atoms with Gasteiger partial charge in [-0.15, -0.1) is 0 Å². The molecule has 120 valence electrons. The van der Waals surface area contributed by atoms with Crippen molar-refractivity contribution in [1.82, 2.24) is 9.97 Å². The maximum atomic E-state index is 11.5. The van der Waals surface area contributed by atoms with Gasteiger partial charge in [0.1, 0.15) is 5.82 Å². The Hall–Kier alpha value is -2.14. The summed E-state index contributed by atoms with van der Waals surface area (Å²) in [7, 11) is -3.18. The van der Waals surface area contributed by atoms with E-state index >= 15 is 0 Å². The van der Waals surface area contributed by atoms with Crippen LogP contribution >= 0.6 is 0 Å². The van der Waals surface area contributed by atoms with Gasteiger partial charge in [0.15, 0.2) is 9.84 Å². The molecule has 0 bridgehead atoms. The molecule has 23 heavy (non-hydrogen) atoms. The van der Waals surface area contributed by atoms with Crippen molar-refractivity contribution in [3.63, 3.8) is 0 Å². The van der Waals surface area contributed by atoms with Crippen molar-refractivity contribution in [2.45, 2.75) is 31.1 Å². The van der Waals surface area contributed by atoms with Crippen LogP contribution in [0.2, 0.25) is 0 Å². The van der Waals surface area contributed by atoms with Crippen LogP contribution in [0.1, 0.15) is 26.3 Å². The smallest absolute Gasteiger partial charge is 0.175 e. The Morgan fingerprint density at radius 3 is 2.22 bits per heavy atom. The molecule has 0 aliphatic carbocycles. The lowest BCUT2D eigenvalue weighted by Crippen LogP contribution is -2.10. The largest absolute Gasteiger partial charge is 0.338 e. The van der Waals surface area contributed by atoms with Crippen LogP contribution in [0.5, 0.6) is 0 Å². The third kappa shape index (κ3) is 3.15. The first-order valence-electron chi connectivity index (χ1n) is 7.45. The predicted octanol–water partition coefficient (Wildman–Crippen LogP) is 3.93. The first kappa shape index (κ1) is 15.7. The molecular formula is C18H20N2O2S. The third-order valence-electron chi connectivity index (χ3n) is 3.90. The van der Waals surface area contributed by atoms with Crippen LogP contribution in [0.25, 0.3) is 22.4 Å². The molecule has 0 radical (unpaired) electrons. The summed E-state index contributed by atoms with van der Waals surface area (Å²) in [4.78, 5) is 8.23. The SMILES string of the molecule is CC(C)(C)c1ccc2nc(-c3ccc(S(C)(=O)=O)cc3)[nH]c2c1. The molecule has 0 atom stereocenters. The summed E-state index contributed by atoms with van der Waals surface area (Å²) in [5.41, 5.74) is 4.08. The fourth-order valence-electron chi connectivity index (χ4n) is 2.47. The highest BCUT2D eigenvalue weighted by Gasteiger charge is 2.15. The third-order valence-corrected chi connectivity index (χ3v) is 5.03. The van der Waals surface area contributed by atoms with E-state index in [0.717, 1.165) is 22.4 Å². The predicted molar refractivity (Wildman–Crippen MR) is 93.3 cm³/mol. The Kier molecular flexibility index (Phi) is 3.56. The van der Waals surface area contributed by atoms with E-state index in [0.29, 0.717) is 4.90 Å². The number of hydrogen-bond donors (Lipinski definition) is 1. The number of aromatic amines is 1. The summed E-state index contributed by atoms with van der Waals surface area (Å²) in [5, 5.41) is 0. The molecule has 0 unspecified atom stereocenters. The lowest BCUT2D eigenvalue weighted by molar-refractivity contribution is 0.591. The van der Waals surface area contributed by atoms with Crippen LogP contribution in [-0.2, 0) is 15.3 Å². The van der Waals surface area contributed by atoms with Crippen molar-refractivity contribution >= 4 is 20.9 Å². The zero-order valence-corrected chi connectivity index (χ0v) is 14.5. The Morgan fingerprint density at radius 2 is 1.65 bits per heavy atom. The number of H-pyrrole nitrogens is 1. The summed E-state index contributed by atoms with van der Waals surface area (Å²) < 4.78 is 23.1. The average Bonchev–Trinajstić information content (AvgIpc) is 2.88. The van der Waals surface area contributed by atoms with Gasteiger partial charge in [0.05, 0.1) is 15.9 Å². The molecule has 0 aliphatic rings. The van der Waals surface area contributed by atoms with Gasteiger partial charge in [0.25, 0.3) is 0 Å². The second-order valence-electron chi connectivity index (χ2n) is 6.86. The van der Waals surface area contributed by atoms with E-state index in [1.54, 1.807) is 24.3 Å². The highest BCUT2D eigenvalue weighted by molar-refractivity contribution is 7.90. The number of imidazole rings is 1. The maximum absolute atomic E-state index is 11.5. The molecule has 5 heteroatoms. The van der Waals surface area contributed by atoms with Gasteiger partial charge in [-0.1, -0.05) is 26.8 Å². The van der Waals surface area contributed by atoms with E-state index in [4.69, 9.17) is 0 Å². The standard InChI is InChI=1S/C18H20N2O2S/c1-18(2,3)13-7-10-15-16(11-13)20-17(19-15)12-5-8-14(9-6-12)23(4,21)22/h5-11H,1-4H3,(H,19,20). The van der Waals surface area contributed by atoms with E-state index in [1.165, 1.54) is 11.8 Å². The molecule has 0 saturated carbocycles. The number of nitrogens with zero attached hydrogens (tertiary/aromatic N) is 1. The van der Waals surface area contributed by atoms with Gasteiger partial charge < -0.3 is 4.98 Å². The zero-order valence-electron chi connectivity index (χ0n) is 13.7. The van der Waals surface area contributed by atoms with Gasteiger partial charge in [0.2, 0.25) is 0 Å². The summed E-state index contributed by atoms with van der Waals surface area (Å²) in [6.45, 7) is 6.53. The number of benzene rings is 2. The number of rotatable bonds is 2. The Balaban J connectivity index is 2.04. The molecular weight excluding hydrogens is 308 g/mol. The van der Waals surface area contributed by atoms with Gasteiger partial charge in [0, 0.05) is 11.8 Å². The molecule has 2 aromatic carbocycles. The molecule has 0 aliphatic heterocycles. The topological polar surface area (TPSA) is 62.8 Å². The van der Waals surface area contributed by atoms with Crippen LogP contribution < -0.4 is 0 Å². The van der Waals surface area contributed by atoms with Crippen molar-refractivity contribution in [1.29, 1.82) is 0 Å². The number of nitrogens with one attached hydrogen (secondary N) is 1. The maximum Gasteiger partial charge on any atom is 0.175 e. The normalized spacial score (nSPS) is 12.7. The van der Waals surface area contributed by atoms with E-state index in [9.17, 15) is 8.42 Å². The molecule has 0 spiro atoms. The minimum absolute atomic E-state index is 0.0800. The fraction of sp³-hybridized carbons (Fsp3) is 0.278. The van der Waals surface area contributed by atoms with E-state index in [2.05, 4.69) is 42.9 Å². The second kappa shape index (κ2) is 5.20. The quantitative estimate of drug-likeness (QED) is 0.775. The second-order valence-corrected chi connectivity index (χ2v) is 8.88. The lowest BCUT2D eigenvalue weighted by Gasteiger charge is -2.18. The van der Waals surface area contributed by atoms with Crippen LogP contribution in [0.3, 0.4) is 0 Å².